The van der Waals surface area contributed by atoms with Gasteiger partial charge < -0.3 is 5.32 Å². The van der Waals surface area contributed by atoms with Gasteiger partial charge in [0.2, 0.25) is 5.91 Å². The molecule has 3 rings (SSSR count). The normalized spacial score (nSPS) is 16.8. The zero-order valence-electron chi connectivity index (χ0n) is 14.2. The Kier molecular flexibility index (Phi) is 5.36. The Morgan fingerprint density at radius 2 is 2.08 bits per heavy atom. The smallest absolute Gasteiger partial charge is 0.238 e. The summed E-state index contributed by atoms with van der Waals surface area (Å²) < 4.78 is 0.918. The van der Waals surface area contributed by atoms with Gasteiger partial charge in [0.25, 0.3) is 0 Å². The number of hydrogen-bond donors (Lipinski definition) is 1. The number of amides is 1. The van der Waals surface area contributed by atoms with Crippen LogP contribution in [0.2, 0.25) is 0 Å². The van der Waals surface area contributed by atoms with Gasteiger partial charge in [-0.15, -0.1) is 0 Å². The van der Waals surface area contributed by atoms with Crippen LogP contribution in [-0.2, 0) is 11.2 Å². The predicted molar refractivity (Wildman–Crippen MR) is 102 cm³/mol. The molecule has 0 fully saturated rings. The molecule has 0 saturated carbocycles. The first-order valence-electron chi connectivity index (χ1n) is 8.38. The number of carbonyl (C=O) groups is 1. The summed E-state index contributed by atoms with van der Waals surface area (Å²) in [6, 6.07) is 14.9. The third-order valence-electron chi connectivity index (χ3n) is 4.66. The number of benzene rings is 2. The fourth-order valence-corrected chi connectivity index (χ4v) is 4.03. The number of anilines is 1. The second-order valence-corrected chi connectivity index (χ2v) is 7.41. The van der Waals surface area contributed by atoms with Gasteiger partial charge in [-0.25, -0.2) is 0 Å². The highest BCUT2D eigenvalue weighted by atomic mass is 79.9. The summed E-state index contributed by atoms with van der Waals surface area (Å²) in [5.74, 6) is 0.0186. The lowest BCUT2D eigenvalue weighted by atomic mass is 9.87. The van der Waals surface area contributed by atoms with Crippen LogP contribution in [0, 0.1) is 6.92 Å². The number of nitrogens with zero attached hydrogens (tertiary/aromatic N) is 1. The third-order valence-corrected chi connectivity index (χ3v) is 5.32. The van der Waals surface area contributed by atoms with Crippen LogP contribution in [0.4, 0.5) is 5.69 Å². The second-order valence-electron chi connectivity index (χ2n) is 6.55. The van der Waals surface area contributed by atoms with E-state index in [0.29, 0.717) is 12.6 Å². The van der Waals surface area contributed by atoms with Crippen LogP contribution in [0.3, 0.4) is 0 Å². The van der Waals surface area contributed by atoms with E-state index >= 15 is 0 Å². The first-order valence-corrected chi connectivity index (χ1v) is 9.18. The van der Waals surface area contributed by atoms with Gasteiger partial charge in [-0.2, -0.15) is 0 Å². The molecular weight excluding hydrogens is 364 g/mol. The van der Waals surface area contributed by atoms with Crippen LogP contribution >= 0.6 is 15.9 Å². The predicted octanol–water partition coefficient (Wildman–Crippen LogP) is 4.71. The van der Waals surface area contributed by atoms with Gasteiger partial charge in [-0.3, -0.25) is 9.69 Å². The van der Waals surface area contributed by atoms with Gasteiger partial charge in [0.15, 0.2) is 0 Å². The molecule has 0 radical (unpaired) electrons. The number of nitrogens with one attached hydrogen (secondary N) is 1. The number of rotatable bonds is 4. The first-order chi connectivity index (χ1) is 11.5. The minimum atomic E-state index is 0.0186. The third kappa shape index (κ3) is 3.87. The molecule has 0 spiro atoms. The van der Waals surface area contributed by atoms with Crippen LogP contribution in [-0.4, -0.2) is 24.4 Å². The largest absolute Gasteiger partial charge is 0.324 e. The lowest BCUT2D eigenvalue weighted by Crippen LogP contribution is -2.35. The molecule has 0 aromatic heterocycles. The van der Waals surface area contributed by atoms with Gasteiger partial charge in [0.1, 0.15) is 0 Å². The Labute approximate surface area is 152 Å². The standard InChI is InChI=1S/C20H23BrN2O/c1-14-10-11-18(17(21)12-14)22-20(24)13-23(2)19-9-5-7-15-6-3-4-8-16(15)19/h3-4,6,8,10-12,19H,5,7,9,13H2,1-2H3,(H,22,24). The molecule has 126 valence electrons. The minimum absolute atomic E-state index is 0.0186. The Bertz CT molecular complexity index is 744. The van der Waals surface area contributed by atoms with E-state index in [4.69, 9.17) is 0 Å². The van der Waals surface area contributed by atoms with Gasteiger partial charge >= 0.3 is 0 Å². The van der Waals surface area contributed by atoms with Gasteiger partial charge in [0, 0.05) is 10.5 Å². The second kappa shape index (κ2) is 7.49. The fourth-order valence-electron chi connectivity index (χ4n) is 3.43. The zero-order chi connectivity index (χ0) is 17.1. The highest BCUT2D eigenvalue weighted by Crippen LogP contribution is 2.33. The number of carbonyl (C=O) groups excluding carboxylic acids is 1. The summed E-state index contributed by atoms with van der Waals surface area (Å²) in [6.07, 6.45) is 3.43. The van der Waals surface area contributed by atoms with E-state index in [0.717, 1.165) is 28.6 Å². The molecule has 0 bridgehead atoms. The molecule has 4 heteroatoms. The molecule has 1 amide bonds. The number of likely N-dealkylation sites (N-methyl/N-ethyl adjacent to an activating group) is 1. The summed E-state index contributed by atoms with van der Waals surface area (Å²) in [6.45, 7) is 2.42. The van der Waals surface area contributed by atoms with Crippen molar-refractivity contribution in [1.82, 2.24) is 4.90 Å². The molecule has 1 aliphatic rings. The maximum atomic E-state index is 12.4. The summed E-state index contributed by atoms with van der Waals surface area (Å²) in [5, 5.41) is 3.00. The van der Waals surface area contributed by atoms with Gasteiger partial charge in [0.05, 0.1) is 12.2 Å². The number of aryl methyl sites for hydroxylation is 2. The fraction of sp³-hybridized carbons (Fsp3) is 0.350. The van der Waals surface area contributed by atoms with Crippen molar-refractivity contribution < 1.29 is 4.79 Å². The zero-order valence-corrected chi connectivity index (χ0v) is 15.8. The molecule has 2 aromatic rings. The summed E-state index contributed by atoms with van der Waals surface area (Å²) >= 11 is 3.51. The molecule has 24 heavy (non-hydrogen) atoms. The average molecular weight is 387 g/mol. The topological polar surface area (TPSA) is 32.3 Å². The van der Waals surface area contributed by atoms with Crippen LogP contribution in [0.5, 0.6) is 0 Å². The maximum Gasteiger partial charge on any atom is 0.238 e. The van der Waals surface area contributed by atoms with Crippen molar-refractivity contribution in [2.45, 2.75) is 32.2 Å². The molecule has 1 aliphatic carbocycles. The van der Waals surface area contributed by atoms with Crippen LogP contribution in [0.25, 0.3) is 0 Å². The number of halogens is 1. The highest BCUT2D eigenvalue weighted by Gasteiger charge is 2.24. The van der Waals surface area contributed by atoms with Crippen LogP contribution in [0.15, 0.2) is 46.9 Å². The van der Waals surface area contributed by atoms with E-state index < -0.39 is 0 Å². The van der Waals surface area contributed by atoms with Crippen molar-refractivity contribution in [2.24, 2.45) is 0 Å². The van der Waals surface area contributed by atoms with E-state index in [2.05, 4.69) is 50.4 Å². The number of fused-ring (bicyclic) bond motifs is 1. The summed E-state index contributed by atoms with van der Waals surface area (Å²) in [7, 11) is 2.04. The Morgan fingerprint density at radius 3 is 2.88 bits per heavy atom. The Hall–Kier alpha value is -1.65. The minimum Gasteiger partial charge on any atom is -0.324 e. The molecule has 1 N–H and O–H groups in total. The van der Waals surface area contributed by atoms with E-state index in [1.165, 1.54) is 17.5 Å². The number of hydrogen-bond acceptors (Lipinski definition) is 2. The summed E-state index contributed by atoms with van der Waals surface area (Å²) in [5.41, 5.74) is 4.77. The molecule has 0 saturated heterocycles. The molecule has 0 heterocycles. The van der Waals surface area contributed by atoms with Crippen molar-refractivity contribution in [1.29, 1.82) is 0 Å². The van der Waals surface area contributed by atoms with Crippen LogP contribution in [0.1, 0.15) is 35.6 Å². The highest BCUT2D eigenvalue weighted by molar-refractivity contribution is 9.10. The average Bonchev–Trinajstić information content (AvgIpc) is 2.57. The molecule has 0 aliphatic heterocycles. The van der Waals surface area contributed by atoms with Crippen molar-refractivity contribution in [3.63, 3.8) is 0 Å². The van der Waals surface area contributed by atoms with Crippen molar-refractivity contribution >= 4 is 27.5 Å². The van der Waals surface area contributed by atoms with Crippen molar-refractivity contribution in [3.05, 3.63) is 63.6 Å². The molecular formula is C20H23BrN2O. The maximum absolute atomic E-state index is 12.4. The van der Waals surface area contributed by atoms with E-state index in [1.54, 1.807) is 0 Å². The van der Waals surface area contributed by atoms with Gasteiger partial charge in [-0.05, 0) is 78.0 Å². The van der Waals surface area contributed by atoms with Crippen molar-refractivity contribution in [2.75, 3.05) is 18.9 Å². The van der Waals surface area contributed by atoms with E-state index in [9.17, 15) is 4.79 Å². The quantitative estimate of drug-likeness (QED) is 0.825. The van der Waals surface area contributed by atoms with Crippen LogP contribution < -0.4 is 5.32 Å². The molecule has 2 aromatic carbocycles. The summed E-state index contributed by atoms with van der Waals surface area (Å²) in [4.78, 5) is 14.6. The monoisotopic (exact) mass is 386 g/mol. The first kappa shape index (κ1) is 17.2. The lowest BCUT2D eigenvalue weighted by Gasteiger charge is -2.32. The van der Waals surface area contributed by atoms with E-state index in [1.807, 2.05) is 32.2 Å². The van der Waals surface area contributed by atoms with Crippen molar-refractivity contribution in [3.8, 4) is 0 Å². The molecule has 1 atom stereocenters. The van der Waals surface area contributed by atoms with E-state index in [-0.39, 0.29) is 5.91 Å². The van der Waals surface area contributed by atoms with Gasteiger partial charge in [-0.1, -0.05) is 30.3 Å². The SMILES string of the molecule is Cc1ccc(NC(=O)CN(C)C2CCCc3ccccc32)c(Br)c1. The molecule has 1 unspecified atom stereocenters. The lowest BCUT2D eigenvalue weighted by molar-refractivity contribution is -0.117. The molecule has 3 nitrogen and oxygen atoms in total. The Balaban J connectivity index is 1.67. The Morgan fingerprint density at radius 1 is 1.29 bits per heavy atom.